The summed E-state index contributed by atoms with van der Waals surface area (Å²) in [6.45, 7) is 0. The fourth-order valence-electron chi connectivity index (χ4n) is 4.61. The number of oxazole rings is 2. The molecule has 0 N–H and O–H groups in total. The predicted octanol–water partition coefficient (Wildman–Crippen LogP) is 0.807. The molecule has 4 heterocycles. The van der Waals surface area contributed by atoms with E-state index in [1.807, 2.05) is 36.4 Å². The van der Waals surface area contributed by atoms with Gasteiger partial charge in [0.25, 0.3) is 0 Å². The molecule has 224 valence electrons. The number of halogens is 2. The van der Waals surface area contributed by atoms with Crippen LogP contribution < -0.4 is 24.8 Å². The molecule has 0 bridgehead atoms. The van der Waals surface area contributed by atoms with E-state index in [2.05, 4.69) is 19.4 Å². The van der Waals surface area contributed by atoms with Crippen LogP contribution in [0.25, 0.3) is 55.2 Å². The first-order valence-electron chi connectivity index (χ1n) is 12.6. The number of hydrogen-bond acceptors (Lipinski definition) is 8. The van der Waals surface area contributed by atoms with Gasteiger partial charge in [0.15, 0.2) is 11.2 Å². The van der Waals surface area contributed by atoms with Crippen molar-refractivity contribution in [2.45, 2.75) is 9.79 Å². The van der Waals surface area contributed by atoms with E-state index >= 15 is 0 Å². The van der Waals surface area contributed by atoms with Crippen LogP contribution in [0.15, 0.2) is 116 Å². The van der Waals surface area contributed by atoms with Crippen LogP contribution in [0.4, 0.5) is 0 Å². The Hall–Kier alpha value is -3.37. The summed E-state index contributed by atoms with van der Waals surface area (Å²) in [4.78, 5) is 9.03. The Kier molecular flexibility index (Phi) is 11.8. The topological polar surface area (TPSA) is 149 Å². The molecule has 0 aliphatic carbocycles. The van der Waals surface area contributed by atoms with Crippen LogP contribution in [0.1, 0.15) is 22.9 Å². The number of sulfonamides is 2. The number of para-hydroxylation sites is 4. The number of fused-ring (bicyclic) bond motifs is 4. The fraction of sp³-hybridized carbons (Fsp3) is 0. The van der Waals surface area contributed by atoms with Gasteiger partial charge in [-0.2, -0.15) is 0 Å². The zero-order chi connectivity index (χ0) is 28.9. The number of benzene rings is 4. The maximum absolute atomic E-state index is 12.0. The molecule has 2 aromatic heterocycles. The summed E-state index contributed by atoms with van der Waals surface area (Å²) < 4.78 is 66.6. The molecule has 0 saturated carbocycles. The third-order valence-corrected chi connectivity index (χ3v) is 9.16. The first-order valence-corrected chi connectivity index (χ1v) is 15.4. The van der Waals surface area contributed by atoms with Gasteiger partial charge in [-0.05, 0) is 59.7 Å². The molecule has 0 atom stereocenters. The summed E-state index contributed by atoms with van der Waals surface area (Å²) in [6.07, 6.45) is 3.09. The number of nitrogens with zero attached hydrogens (tertiary/aromatic N) is 4. The standard InChI is InChI=1S/2C15H9N2O3S.2ClH.2Zn/c2*18-21(19)14-8-4-1-5-10(14)12(17-21)9-15-16-11-6-2-3-7-13(11)20-15;;;;/h2*1-9H;2*1H;;/q2*-1;;;2*+2/p-2/b12-9+;12-9-;;;;. The van der Waals surface area contributed by atoms with Crippen molar-refractivity contribution in [3.05, 3.63) is 129 Å². The van der Waals surface area contributed by atoms with E-state index in [0.717, 1.165) is 11.0 Å². The number of hydrogen-bond donors (Lipinski definition) is 0. The summed E-state index contributed by atoms with van der Waals surface area (Å²) in [7, 11) is -7.24. The molecule has 6 aromatic rings. The van der Waals surface area contributed by atoms with Gasteiger partial charge in [-0.15, -0.1) is 11.4 Å². The van der Waals surface area contributed by atoms with Gasteiger partial charge in [-0.3, -0.25) is 0 Å². The van der Waals surface area contributed by atoms with E-state index < -0.39 is 20.0 Å². The second-order valence-corrected chi connectivity index (χ2v) is 12.4. The Bertz CT molecular complexity index is 2090. The Morgan fingerprint density at radius 1 is 0.522 bits per heavy atom. The van der Waals surface area contributed by atoms with Crippen LogP contribution in [0.2, 0.25) is 0 Å². The molecule has 0 fully saturated rings. The summed E-state index contributed by atoms with van der Waals surface area (Å²) in [5.41, 5.74) is 4.57. The molecule has 46 heavy (non-hydrogen) atoms. The van der Waals surface area contributed by atoms with Crippen LogP contribution >= 0.6 is 0 Å². The summed E-state index contributed by atoms with van der Waals surface area (Å²) >= 11 is 0. The number of rotatable bonds is 2. The zero-order valence-electron chi connectivity index (χ0n) is 23.6. The van der Waals surface area contributed by atoms with Crippen LogP contribution in [-0.2, 0) is 59.0 Å². The van der Waals surface area contributed by atoms with Crippen molar-refractivity contribution in [1.29, 1.82) is 0 Å². The maximum Gasteiger partial charge on any atom is 2.00 e. The molecule has 4 aromatic carbocycles. The Morgan fingerprint density at radius 2 is 0.870 bits per heavy atom. The average molecular weight is 796 g/mol. The van der Waals surface area contributed by atoms with E-state index in [4.69, 9.17) is 8.83 Å². The number of aromatic nitrogens is 2. The van der Waals surface area contributed by atoms with Crippen LogP contribution in [0.3, 0.4) is 0 Å². The van der Waals surface area contributed by atoms with Gasteiger partial charge in [-0.25, -0.2) is 26.8 Å². The van der Waals surface area contributed by atoms with Gasteiger partial charge in [0.05, 0.1) is 9.79 Å². The molecular weight excluding hydrogens is 778 g/mol. The minimum atomic E-state index is -3.62. The molecule has 10 nitrogen and oxygen atoms in total. The quantitative estimate of drug-likeness (QED) is 0.234. The third-order valence-electron chi connectivity index (χ3n) is 6.46. The minimum absolute atomic E-state index is 0. The van der Waals surface area contributed by atoms with Crippen molar-refractivity contribution in [1.82, 2.24) is 9.97 Å². The van der Waals surface area contributed by atoms with E-state index in [1.165, 1.54) is 0 Å². The SMILES string of the molecule is O=S1(=O)[N-]/C(=C/c2nc3ccccc3o2)c2ccccc21.O=S1(=O)[N-]/C(=C\c2nc3ccccc3o2)c2ccccc21.[Cl-].[Cl-].[Zn+2].[Zn+2]. The smallest absolute Gasteiger partial charge is 1.00 e. The molecule has 0 spiro atoms. The molecule has 8 rings (SSSR count). The van der Waals surface area contributed by atoms with Gasteiger partial charge in [-0.1, -0.05) is 60.7 Å². The molecule has 2 aliphatic rings. The predicted molar refractivity (Wildman–Crippen MR) is 158 cm³/mol. The van der Waals surface area contributed by atoms with Crippen LogP contribution in [0, 0.1) is 0 Å². The molecule has 16 heteroatoms. The van der Waals surface area contributed by atoms with E-state index in [9.17, 15) is 16.8 Å². The fourth-order valence-corrected chi connectivity index (χ4v) is 7.03. The molecule has 0 unspecified atom stereocenters. The minimum Gasteiger partial charge on any atom is -1.00 e. The van der Waals surface area contributed by atoms with Gasteiger partial charge in [0.2, 0.25) is 11.8 Å². The molecule has 2 aliphatic heterocycles. The summed E-state index contributed by atoms with van der Waals surface area (Å²) in [5, 5.41) is 0. The summed E-state index contributed by atoms with van der Waals surface area (Å²) in [6, 6.07) is 28.1. The van der Waals surface area contributed by atoms with Crippen molar-refractivity contribution in [3.8, 4) is 0 Å². The maximum atomic E-state index is 12.0. The van der Waals surface area contributed by atoms with Gasteiger partial charge in [0, 0.05) is 0 Å². The monoisotopic (exact) mass is 792 g/mol. The first-order chi connectivity index (χ1) is 20.3. The van der Waals surface area contributed by atoms with Crippen molar-refractivity contribution in [3.63, 3.8) is 0 Å². The Labute approximate surface area is 302 Å². The van der Waals surface area contributed by atoms with Crippen molar-refractivity contribution >= 4 is 65.8 Å². The van der Waals surface area contributed by atoms with E-state index in [-0.39, 0.29) is 73.6 Å². The Balaban J connectivity index is 0.000000230. The average Bonchev–Trinajstić information content (AvgIpc) is 3.71. The van der Waals surface area contributed by atoms with Crippen LogP contribution in [-0.4, -0.2) is 26.8 Å². The second kappa shape index (κ2) is 14.6. The molecule has 0 amide bonds. The van der Waals surface area contributed by atoms with E-state index in [1.54, 1.807) is 72.8 Å². The van der Waals surface area contributed by atoms with Crippen molar-refractivity contribution < 1.29 is 89.4 Å². The van der Waals surface area contributed by atoms with Gasteiger partial charge in [0.1, 0.15) is 31.1 Å². The largest absolute Gasteiger partial charge is 2.00 e. The molecular formula is C30H18Cl2N4O6S2Zn2. The third kappa shape index (κ3) is 7.12. The zero-order valence-corrected chi connectivity index (χ0v) is 32.7. The normalized spacial score (nSPS) is 16.3. The van der Waals surface area contributed by atoms with E-state index in [0.29, 0.717) is 45.5 Å². The summed E-state index contributed by atoms with van der Waals surface area (Å²) in [5.74, 6) is 0.670. The van der Waals surface area contributed by atoms with Crippen molar-refractivity contribution in [2.75, 3.05) is 0 Å². The molecule has 0 saturated heterocycles. The van der Waals surface area contributed by atoms with Gasteiger partial charge < -0.3 is 43.1 Å². The molecule has 0 radical (unpaired) electrons. The van der Waals surface area contributed by atoms with Gasteiger partial charge >= 0.3 is 39.0 Å². The van der Waals surface area contributed by atoms with Crippen molar-refractivity contribution in [2.24, 2.45) is 0 Å². The van der Waals surface area contributed by atoms with Crippen LogP contribution in [0.5, 0.6) is 0 Å². The second-order valence-electron chi connectivity index (χ2n) is 9.22. The first kappa shape index (κ1) is 37.1. The Morgan fingerprint density at radius 3 is 1.26 bits per heavy atom.